The smallest absolute Gasteiger partial charge is 0.348 e. The van der Waals surface area contributed by atoms with E-state index < -0.39 is 17.7 Å². The van der Waals surface area contributed by atoms with Gasteiger partial charge in [0, 0.05) is 18.7 Å². The van der Waals surface area contributed by atoms with Gasteiger partial charge in [0.1, 0.15) is 5.57 Å². The number of alkyl halides is 1. The van der Waals surface area contributed by atoms with Crippen LogP contribution >= 0.6 is 15.9 Å². The number of cyclic esters (lactones) is 2. The molecule has 0 spiro atoms. The molecule has 5 heteroatoms. The molecule has 2 bridgehead atoms. The standard InChI is InChI=1S/C17H17BrO4/c1-17(2)21-15(19)13(16(20)22-17)11-8-4-3-5-7-6(4)10(11)12(7)14(18)9(5)8/h4-10,12,14H,3H2,1-2H3/t4-,5+,6+,7?,8-,9+,10+,12+,14-/m1/s1. The van der Waals surface area contributed by atoms with Gasteiger partial charge in [0.25, 0.3) is 5.79 Å². The summed E-state index contributed by atoms with van der Waals surface area (Å²) >= 11 is 3.93. The normalized spacial score (nSPS) is 58.2. The first-order valence-corrected chi connectivity index (χ1v) is 9.17. The van der Waals surface area contributed by atoms with E-state index in [1.807, 2.05) is 0 Å². The fraction of sp³-hybridized carbons (Fsp3) is 0.765. The van der Waals surface area contributed by atoms with E-state index in [1.54, 1.807) is 13.8 Å². The topological polar surface area (TPSA) is 52.6 Å². The molecule has 0 N–H and O–H groups in total. The molecule has 0 radical (unpaired) electrons. The molecular weight excluding hydrogens is 348 g/mol. The first-order chi connectivity index (χ1) is 10.4. The van der Waals surface area contributed by atoms with Crippen molar-refractivity contribution in [2.45, 2.75) is 30.9 Å². The van der Waals surface area contributed by atoms with Crippen LogP contribution in [-0.2, 0) is 19.1 Å². The predicted molar refractivity (Wildman–Crippen MR) is 78.5 cm³/mol. The van der Waals surface area contributed by atoms with Crippen molar-refractivity contribution in [1.82, 2.24) is 0 Å². The third-order valence-electron chi connectivity index (χ3n) is 7.45. The Bertz CT molecular complexity index is 673. The lowest BCUT2D eigenvalue weighted by Gasteiger charge is -2.48. The van der Waals surface area contributed by atoms with Gasteiger partial charge in [-0.3, -0.25) is 0 Å². The van der Waals surface area contributed by atoms with E-state index in [2.05, 4.69) is 15.9 Å². The molecule has 6 fully saturated rings. The minimum absolute atomic E-state index is 0.247. The van der Waals surface area contributed by atoms with Crippen molar-refractivity contribution >= 4 is 27.9 Å². The summed E-state index contributed by atoms with van der Waals surface area (Å²) in [5.41, 5.74) is 1.36. The molecule has 0 aromatic carbocycles. The zero-order valence-electron chi connectivity index (χ0n) is 12.4. The van der Waals surface area contributed by atoms with E-state index in [4.69, 9.17) is 9.47 Å². The van der Waals surface area contributed by atoms with Crippen molar-refractivity contribution in [2.24, 2.45) is 47.3 Å². The van der Waals surface area contributed by atoms with E-state index in [1.165, 1.54) is 6.42 Å². The minimum atomic E-state index is -1.14. The number of rotatable bonds is 0. The van der Waals surface area contributed by atoms with Crippen molar-refractivity contribution in [3.63, 3.8) is 0 Å². The van der Waals surface area contributed by atoms with Gasteiger partial charge in [-0.1, -0.05) is 15.9 Å². The fourth-order valence-corrected chi connectivity index (χ4v) is 8.75. The van der Waals surface area contributed by atoms with Gasteiger partial charge < -0.3 is 9.47 Å². The number of ether oxygens (including phenoxy) is 2. The van der Waals surface area contributed by atoms with Crippen molar-refractivity contribution in [1.29, 1.82) is 0 Å². The predicted octanol–water partition coefficient (Wildman–Crippen LogP) is 2.27. The zero-order valence-corrected chi connectivity index (χ0v) is 14.0. The van der Waals surface area contributed by atoms with Crippen LogP contribution in [0.25, 0.3) is 0 Å². The molecular formula is C17H17BrO4. The van der Waals surface area contributed by atoms with Crippen LogP contribution in [-0.4, -0.2) is 22.6 Å². The molecule has 5 aliphatic carbocycles. The lowest BCUT2D eigenvalue weighted by molar-refractivity contribution is -0.222. The molecule has 6 aliphatic rings. The molecule has 4 nitrogen and oxygen atoms in total. The van der Waals surface area contributed by atoms with Gasteiger partial charge in [-0.15, -0.1) is 0 Å². The molecule has 1 heterocycles. The quantitative estimate of drug-likeness (QED) is 0.286. The largest absolute Gasteiger partial charge is 0.419 e. The highest BCUT2D eigenvalue weighted by molar-refractivity contribution is 9.09. The van der Waals surface area contributed by atoms with E-state index >= 15 is 0 Å². The van der Waals surface area contributed by atoms with Crippen LogP contribution in [0.5, 0.6) is 0 Å². The van der Waals surface area contributed by atoms with Gasteiger partial charge in [-0.25, -0.2) is 9.59 Å². The number of carbonyl (C=O) groups excluding carboxylic acids is 2. The fourth-order valence-electron chi connectivity index (χ4n) is 7.35. The Morgan fingerprint density at radius 3 is 2.32 bits per heavy atom. The lowest BCUT2D eigenvalue weighted by Crippen LogP contribution is -2.48. The minimum Gasteiger partial charge on any atom is -0.419 e. The van der Waals surface area contributed by atoms with Crippen LogP contribution in [0.4, 0.5) is 0 Å². The molecule has 0 amide bonds. The van der Waals surface area contributed by atoms with Crippen molar-refractivity contribution in [3.8, 4) is 0 Å². The Balaban J connectivity index is 1.53. The van der Waals surface area contributed by atoms with Gasteiger partial charge in [0.15, 0.2) is 0 Å². The second-order valence-corrected chi connectivity index (χ2v) is 9.44. The van der Waals surface area contributed by atoms with Crippen LogP contribution in [0.2, 0.25) is 0 Å². The van der Waals surface area contributed by atoms with E-state index in [-0.39, 0.29) is 5.57 Å². The maximum absolute atomic E-state index is 12.5. The summed E-state index contributed by atoms with van der Waals surface area (Å²) in [6.45, 7) is 3.22. The highest BCUT2D eigenvalue weighted by atomic mass is 79.9. The van der Waals surface area contributed by atoms with E-state index in [0.29, 0.717) is 34.4 Å². The summed E-state index contributed by atoms with van der Waals surface area (Å²) in [4.78, 5) is 25.6. The Morgan fingerprint density at radius 1 is 0.955 bits per heavy atom. The molecule has 1 saturated heterocycles. The van der Waals surface area contributed by atoms with Crippen molar-refractivity contribution < 1.29 is 19.1 Å². The molecule has 116 valence electrons. The third-order valence-corrected chi connectivity index (χ3v) is 8.67. The molecule has 0 aromatic heterocycles. The zero-order chi connectivity index (χ0) is 15.1. The SMILES string of the molecule is CC1(C)OC(=O)C(=C2[C@@H]3[C@@H]4C[C@H]5C6[C@H]([C@H](Br)[C@H]35)[C@H]2[C@H]64)C(=O)O1. The Hall–Kier alpha value is -0.840. The third kappa shape index (κ3) is 1.06. The van der Waals surface area contributed by atoms with Gasteiger partial charge >= 0.3 is 11.9 Å². The summed E-state index contributed by atoms with van der Waals surface area (Å²) in [5, 5.41) is 0. The Kier molecular flexibility index (Phi) is 1.90. The molecule has 22 heavy (non-hydrogen) atoms. The number of hydrogen-bond donors (Lipinski definition) is 0. The Morgan fingerprint density at radius 2 is 1.64 bits per heavy atom. The van der Waals surface area contributed by atoms with Gasteiger partial charge in [0.2, 0.25) is 0 Å². The first kappa shape index (κ1) is 12.6. The molecule has 6 rings (SSSR count). The summed E-state index contributed by atoms with van der Waals surface area (Å²) in [7, 11) is 0. The number of hydrogen-bond acceptors (Lipinski definition) is 4. The maximum Gasteiger partial charge on any atom is 0.348 e. The highest BCUT2D eigenvalue weighted by Gasteiger charge is 2.82. The number of allylic oxidation sites excluding steroid dienone is 1. The molecule has 1 unspecified atom stereocenters. The lowest BCUT2D eigenvalue weighted by atomic mass is 9.58. The van der Waals surface area contributed by atoms with E-state index in [0.717, 1.165) is 23.3 Å². The van der Waals surface area contributed by atoms with Crippen LogP contribution in [0, 0.1) is 47.3 Å². The number of halogens is 1. The van der Waals surface area contributed by atoms with Crippen LogP contribution in [0.1, 0.15) is 20.3 Å². The molecule has 1 aliphatic heterocycles. The average Bonchev–Trinajstić information content (AvgIpc) is 2.87. The summed E-state index contributed by atoms with van der Waals surface area (Å²) in [6.07, 6.45) is 1.30. The summed E-state index contributed by atoms with van der Waals surface area (Å²) in [6, 6.07) is 0. The monoisotopic (exact) mass is 364 g/mol. The second kappa shape index (κ2) is 3.33. The summed E-state index contributed by atoms with van der Waals surface area (Å²) in [5.74, 6) is 3.08. The van der Waals surface area contributed by atoms with Crippen molar-refractivity contribution in [3.05, 3.63) is 11.1 Å². The van der Waals surface area contributed by atoms with Gasteiger partial charge in [-0.05, 0) is 59.3 Å². The van der Waals surface area contributed by atoms with Gasteiger partial charge in [0.05, 0.1) is 0 Å². The molecule has 9 atom stereocenters. The first-order valence-electron chi connectivity index (χ1n) is 8.25. The Labute approximate surface area is 136 Å². The molecule has 0 aromatic rings. The maximum atomic E-state index is 12.5. The number of carbonyl (C=O) groups is 2. The van der Waals surface area contributed by atoms with Crippen molar-refractivity contribution in [2.75, 3.05) is 0 Å². The van der Waals surface area contributed by atoms with Gasteiger partial charge in [-0.2, -0.15) is 0 Å². The van der Waals surface area contributed by atoms with Crippen LogP contribution in [0.15, 0.2) is 11.1 Å². The van der Waals surface area contributed by atoms with E-state index in [9.17, 15) is 9.59 Å². The summed E-state index contributed by atoms with van der Waals surface area (Å²) < 4.78 is 10.7. The average molecular weight is 365 g/mol. The number of fused-ring (bicyclic) bond motifs is 2. The van der Waals surface area contributed by atoms with Crippen LogP contribution < -0.4 is 0 Å². The second-order valence-electron chi connectivity index (χ2n) is 8.38. The highest BCUT2D eigenvalue weighted by Crippen LogP contribution is 2.85. The van der Waals surface area contributed by atoms with Crippen LogP contribution in [0.3, 0.4) is 0 Å². The molecule has 5 saturated carbocycles. The number of esters is 2.